The molecule has 1 unspecified atom stereocenters. The van der Waals surface area contributed by atoms with Gasteiger partial charge in [-0.3, -0.25) is 14.7 Å². The normalized spacial score (nSPS) is 15.8. The molecule has 0 spiro atoms. The molecule has 1 heterocycles. The van der Waals surface area contributed by atoms with Gasteiger partial charge in [0, 0.05) is 18.6 Å². The van der Waals surface area contributed by atoms with Crippen molar-refractivity contribution in [2.45, 2.75) is 25.4 Å². The van der Waals surface area contributed by atoms with Crippen LogP contribution >= 0.6 is 0 Å². The molecule has 1 atom stereocenters. The molecular formula is C21H18N2O4. The zero-order valence-electron chi connectivity index (χ0n) is 14.6. The lowest BCUT2D eigenvalue weighted by Gasteiger charge is -2.24. The Morgan fingerprint density at radius 2 is 1.81 bits per heavy atom. The van der Waals surface area contributed by atoms with Crippen LogP contribution in [0.2, 0.25) is 0 Å². The van der Waals surface area contributed by atoms with Gasteiger partial charge in [0.15, 0.2) is 0 Å². The minimum atomic E-state index is -0.437. The highest BCUT2D eigenvalue weighted by Crippen LogP contribution is 2.24. The van der Waals surface area contributed by atoms with E-state index in [-0.39, 0.29) is 11.7 Å². The van der Waals surface area contributed by atoms with Crippen LogP contribution in [0.1, 0.15) is 27.9 Å². The molecule has 4 rings (SSSR count). The Morgan fingerprint density at radius 1 is 1.00 bits per heavy atom. The minimum Gasteiger partial charge on any atom is -0.458 e. The first kappa shape index (κ1) is 17.0. The molecule has 6 nitrogen and oxygen atoms in total. The average Bonchev–Trinajstić information content (AvgIpc) is 2.70. The zero-order chi connectivity index (χ0) is 18.8. The first-order chi connectivity index (χ1) is 13.1. The number of carbonyl (C=O) groups is 1. The SMILES string of the molecule is O=C(OC1CCc2ccccc2C1)c1cccc(-n2[nH]c(=O)ccc2=O)c1. The van der Waals surface area contributed by atoms with E-state index in [0.717, 1.165) is 23.6 Å². The number of ether oxygens (including phenoxy) is 1. The van der Waals surface area contributed by atoms with Crippen molar-refractivity contribution < 1.29 is 9.53 Å². The molecule has 0 radical (unpaired) electrons. The van der Waals surface area contributed by atoms with Crippen molar-refractivity contribution in [3.8, 4) is 5.69 Å². The van der Waals surface area contributed by atoms with Gasteiger partial charge in [0.1, 0.15) is 6.10 Å². The highest BCUT2D eigenvalue weighted by atomic mass is 16.5. The maximum Gasteiger partial charge on any atom is 0.338 e. The summed E-state index contributed by atoms with van der Waals surface area (Å²) in [7, 11) is 0. The Bertz CT molecular complexity index is 1110. The molecule has 2 aromatic carbocycles. The van der Waals surface area contributed by atoms with Gasteiger partial charge >= 0.3 is 5.97 Å². The highest BCUT2D eigenvalue weighted by Gasteiger charge is 2.22. The average molecular weight is 362 g/mol. The van der Waals surface area contributed by atoms with E-state index >= 15 is 0 Å². The molecule has 136 valence electrons. The Hall–Kier alpha value is -3.41. The van der Waals surface area contributed by atoms with Crippen molar-refractivity contribution in [1.82, 2.24) is 9.78 Å². The Kier molecular flexibility index (Phi) is 4.46. The molecule has 6 heteroatoms. The monoisotopic (exact) mass is 362 g/mol. The lowest BCUT2D eigenvalue weighted by molar-refractivity contribution is 0.0271. The van der Waals surface area contributed by atoms with Crippen molar-refractivity contribution >= 4 is 5.97 Å². The molecule has 1 aromatic heterocycles. The van der Waals surface area contributed by atoms with Crippen LogP contribution in [0.5, 0.6) is 0 Å². The Labute approximate surface area is 155 Å². The fraction of sp³-hybridized carbons (Fsp3) is 0.190. The third-order valence-corrected chi connectivity index (χ3v) is 4.74. The fourth-order valence-corrected chi connectivity index (χ4v) is 3.37. The molecule has 0 amide bonds. The van der Waals surface area contributed by atoms with E-state index in [4.69, 9.17) is 4.74 Å². The van der Waals surface area contributed by atoms with Crippen LogP contribution in [0.15, 0.2) is 70.3 Å². The lowest BCUT2D eigenvalue weighted by atomic mass is 9.90. The number of esters is 1. The smallest absolute Gasteiger partial charge is 0.338 e. The summed E-state index contributed by atoms with van der Waals surface area (Å²) in [6.45, 7) is 0. The third kappa shape index (κ3) is 3.60. The summed E-state index contributed by atoms with van der Waals surface area (Å²) >= 11 is 0. The van der Waals surface area contributed by atoms with E-state index < -0.39 is 11.5 Å². The van der Waals surface area contributed by atoms with Gasteiger partial charge in [0.25, 0.3) is 11.1 Å². The summed E-state index contributed by atoms with van der Waals surface area (Å²) in [5, 5.41) is 2.45. The van der Waals surface area contributed by atoms with Gasteiger partial charge in [-0.2, -0.15) is 0 Å². The summed E-state index contributed by atoms with van der Waals surface area (Å²) in [5.41, 5.74) is 2.47. The van der Waals surface area contributed by atoms with Crippen LogP contribution in [0.3, 0.4) is 0 Å². The number of carbonyl (C=O) groups excluding carboxylic acids is 1. The van der Waals surface area contributed by atoms with Crippen molar-refractivity contribution in [2.75, 3.05) is 0 Å². The van der Waals surface area contributed by atoms with Crippen LogP contribution in [-0.2, 0) is 17.6 Å². The number of hydrogen-bond acceptors (Lipinski definition) is 4. The van der Waals surface area contributed by atoms with Gasteiger partial charge in [-0.15, -0.1) is 0 Å². The van der Waals surface area contributed by atoms with E-state index in [1.54, 1.807) is 18.2 Å². The van der Waals surface area contributed by atoms with Gasteiger partial charge in [-0.1, -0.05) is 30.3 Å². The number of benzene rings is 2. The molecule has 1 N–H and O–H groups in total. The maximum absolute atomic E-state index is 12.6. The summed E-state index contributed by atoms with van der Waals surface area (Å²) < 4.78 is 6.79. The first-order valence-corrected chi connectivity index (χ1v) is 8.81. The summed E-state index contributed by atoms with van der Waals surface area (Å²) in [6.07, 6.45) is 2.20. The van der Waals surface area contributed by atoms with Gasteiger partial charge < -0.3 is 4.74 Å². The number of aromatic amines is 1. The summed E-state index contributed by atoms with van der Waals surface area (Å²) in [6, 6.07) is 17.0. The van der Waals surface area contributed by atoms with E-state index in [0.29, 0.717) is 17.7 Å². The van der Waals surface area contributed by atoms with Gasteiger partial charge in [-0.25, -0.2) is 9.48 Å². The van der Waals surface area contributed by atoms with Crippen molar-refractivity contribution in [3.63, 3.8) is 0 Å². The van der Waals surface area contributed by atoms with Gasteiger partial charge in [0.2, 0.25) is 0 Å². The zero-order valence-corrected chi connectivity index (χ0v) is 14.6. The molecule has 0 saturated carbocycles. The number of fused-ring (bicyclic) bond motifs is 1. The number of hydrogen-bond donors (Lipinski definition) is 1. The van der Waals surface area contributed by atoms with Crippen molar-refractivity contribution in [2.24, 2.45) is 0 Å². The molecule has 1 aliphatic carbocycles. The minimum absolute atomic E-state index is 0.171. The quantitative estimate of drug-likeness (QED) is 0.725. The van der Waals surface area contributed by atoms with Crippen LogP contribution in [0, 0.1) is 0 Å². The van der Waals surface area contributed by atoms with Crippen LogP contribution in [-0.4, -0.2) is 21.9 Å². The fourth-order valence-electron chi connectivity index (χ4n) is 3.37. The second kappa shape index (κ2) is 7.07. The predicted molar refractivity (Wildman–Crippen MR) is 100 cm³/mol. The molecular weight excluding hydrogens is 344 g/mol. The van der Waals surface area contributed by atoms with Crippen LogP contribution in [0.4, 0.5) is 0 Å². The van der Waals surface area contributed by atoms with Gasteiger partial charge in [0.05, 0.1) is 11.3 Å². The topological polar surface area (TPSA) is 81.2 Å². The van der Waals surface area contributed by atoms with Crippen molar-refractivity contribution in [1.29, 1.82) is 0 Å². The van der Waals surface area contributed by atoms with E-state index in [2.05, 4.69) is 17.2 Å². The molecule has 1 aliphatic rings. The Morgan fingerprint density at radius 3 is 2.67 bits per heavy atom. The molecule has 0 bridgehead atoms. The molecule has 0 saturated heterocycles. The largest absolute Gasteiger partial charge is 0.458 e. The number of aromatic nitrogens is 2. The van der Waals surface area contributed by atoms with Crippen LogP contribution in [0.25, 0.3) is 5.69 Å². The van der Waals surface area contributed by atoms with Gasteiger partial charge in [-0.05, 0) is 42.2 Å². The first-order valence-electron chi connectivity index (χ1n) is 8.81. The van der Waals surface area contributed by atoms with E-state index in [1.165, 1.54) is 23.3 Å². The second-order valence-corrected chi connectivity index (χ2v) is 6.57. The molecule has 0 fully saturated rings. The standard InChI is InChI=1S/C21H18N2O4/c24-19-10-11-20(25)23(22-19)17-7-3-6-16(12-17)21(26)27-18-9-8-14-4-1-2-5-15(14)13-18/h1-7,10-12,18H,8-9,13H2,(H,22,24). The Balaban J connectivity index is 1.54. The number of rotatable bonds is 3. The lowest BCUT2D eigenvalue weighted by Crippen LogP contribution is -2.27. The number of H-pyrrole nitrogens is 1. The highest BCUT2D eigenvalue weighted by molar-refractivity contribution is 5.90. The van der Waals surface area contributed by atoms with E-state index in [1.807, 2.05) is 12.1 Å². The molecule has 3 aromatic rings. The number of nitrogens with zero attached hydrogens (tertiary/aromatic N) is 1. The molecule has 0 aliphatic heterocycles. The van der Waals surface area contributed by atoms with Crippen molar-refractivity contribution in [3.05, 3.63) is 98.1 Å². The summed E-state index contributed by atoms with van der Waals surface area (Å²) in [4.78, 5) is 36.0. The van der Waals surface area contributed by atoms with Crippen LogP contribution < -0.4 is 11.1 Å². The third-order valence-electron chi connectivity index (χ3n) is 4.74. The van der Waals surface area contributed by atoms with E-state index in [9.17, 15) is 14.4 Å². The number of aryl methyl sites for hydroxylation is 1. The maximum atomic E-state index is 12.6. The number of nitrogens with one attached hydrogen (secondary N) is 1. The molecule has 27 heavy (non-hydrogen) atoms. The second-order valence-electron chi connectivity index (χ2n) is 6.57. The predicted octanol–water partition coefficient (Wildman–Crippen LogP) is 2.24. The summed E-state index contributed by atoms with van der Waals surface area (Å²) in [5.74, 6) is -0.437.